The Bertz CT molecular complexity index is 179. The van der Waals surface area contributed by atoms with Crippen LogP contribution in [0, 0.1) is 0 Å². The van der Waals surface area contributed by atoms with E-state index < -0.39 is 0 Å². The molecule has 0 amide bonds. The average Bonchev–Trinajstić information content (AvgIpc) is 2.45. The number of hydrogen-bond donors (Lipinski definition) is 2. The van der Waals surface area contributed by atoms with Gasteiger partial charge in [0.2, 0.25) is 0 Å². The van der Waals surface area contributed by atoms with Gasteiger partial charge in [-0.25, -0.2) is 0 Å². The molecule has 0 rings (SSSR count). The molecule has 0 aromatic heterocycles. The van der Waals surface area contributed by atoms with Crippen LogP contribution in [-0.4, -0.2) is 37.8 Å². The van der Waals surface area contributed by atoms with Crippen LogP contribution in [0.4, 0.5) is 0 Å². The SMILES string of the molecule is CCCCCCCCCCCC(N)OCCOCCO. The second kappa shape index (κ2) is 16.9. The number of aliphatic hydroxyl groups is 1. The monoisotopic (exact) mass is 289 g/mol. The zero-order valence-corrected chi connectivity index (χ0v) is 13.3. The maximum Gasteiger partial charge on any atom is 0.105 e. The van der Waals surface area contributed by atoms with Gasteiger partial charge in [-0.2, -0.15) is 0 Å². The first-order chi connectivity index (χ1) is 9.81. The topological polar surface area (TPSA) is 64.7 Å². The summed E-state index contributed by atoms with van der Waals surface area (Å²) in [5, 5.41) is 8.53. The summed E-state index contributed by atoms with van der Waals surface area (Å²) in [5.74, 6) is 0. The van der Waals surface area contributed by atoms with Crippen LogP contribution >= 0.6 is 0 Å². The zero-order chi connectivity index (χ0) is 14.9. The van der Waals surface area contributed by atoms with Crippen molar-refractivity contribution in [1.29, 1.82) is 0 Å². The van der Waals surface area contributed by atoms with Crippen LogP contribution in [0.25, 0.3) is 0 Å². The van der Waals surface area contributed by atoms with Gasteiger partial charge >= 0.3 is 0 Å². The van der Waals surface area contributed by atoms with E-state index in [1.165, 1.54) is 51.4 Å². The van der Waals surface area contributed by atoms with Gasteiger partial charge in [0, 0.05) is 0 Å². The van der Waals surface area contributed by atoms with Gasteiger partial charge in [0.25, 0.3) is 0 Å². The molecule has 20 heavy (non-hydrogen) atoms. The summed E-state index contributed by atoms with van der Waals surface area (Å²) in [6, 6.07) is 0. The lowest BCUT2D eigenvalue weighted by Crippen LogP contribution is -2.25. The zero-order valence-electron chi connectivity index (χ0n) is 13.3. The summed E-state index contributed by atoms with van der Waals surface area (Å²) in [7, 11) is 0. The van der Waals surface area contributed by atoms with E-state index in [-0.39, 0.29) is 12.8 Å². The van der Waals surface area contributed by atoms with Crippen molar-refractivity contribution in [3.05, 3.63) is 0 Å². The standard InChI is InChI=1S/C16H35NO3/c1-2-3-4-5-6-7-8-9-10-11-16(17)20-15-14-19-13-12-18/h16,18H,2-15,17H2,1H3. The summed E-state index contributed by atoms with van der Waals surface area (Å²) in [6.45, 7) is 3.70. The smallest absolute Gasteiger partial charge is 0.105 e. The highest BCUT2D eigenvalue weighted by Gasteiger charge is 2.02. The van der Waals surface area contributed by atoms with E-state index >= 15 is 0 Å². The molecule has 4 heteroatoms. The molecule has 1 unspecified atom stereocenters. The molecule has 0 aromatic carbocycles. The summed E-state index contributed by atoms with van der Waals surface area (Å²) in [4.78, 5) is 0. The summed E-state index contributed by atoms with van der Waals surface area (Å²) >= 11 is 0. The van der Waals surface area contributed by atoms with Crippen molar-refractivity contribution in [3.8, 4) is 0 Å². The summed E-state index contributed by atoms with van der Waals surface area (Å²) in [6.07, 6.45) is 12.7. The van der Waals surface area contributed by atoms with Crippen LogP contribution in [0.15, 0.2) is 0 Å². The Morgan fingerprint density at radius 1 is 0.850 bits per heavy atom. The molecule has 0 aliphatic rings. The maximum absolute atomic E-state index is 8.53. The molecular weight excluding hydrogens is 254 g/mol. The van der Waals surface area contributed by atoms with E-state index in [4.69, 9.17) is 20.3 Å². The van der Waals surface area contributed by atoms with Crippen molar-refractivity contribution < 1.29 is 14.6 Å². The second-order valence-electron chi connectivity index (χ2n) is 5.36. The number of hydrogen-bond acceptors (Lipinski definition) is 4. The first kappa shape index (κ1) is 19.8. The van der Waals surface area contributed by atoms with Gasteiger partial charge in [-0.15, -0.1) is 0 Å². The molecule has 0 spiro atoms. The van der Waals surface area contributed by atoms with Crippen LogP contribution < -0.4 is 5.73 Å². The minimum Gasteiger partial charge on any atom is -0.394 e. The van der Waals surface area contributed by atoms with Gasteiger partial charge in [-0.05, 0) is 12.8 Å². The van der Waals surface area contributed by atoms with E-state index in [0.29, 0.717) is 19.8 Å². The Balaban J connectivity index is 3.09. The second-order valence-corrected chi connectivity index (χ2v) is 5.36. The van der Waals surface area contributed by atoms with Gasteiger partial charge in [-0.1, -0.05) is 58.3 Å². The molecule has 0 radical (unpaired) electrons. The van der Waals surface area contributed by atoms with Gasteiger partial charge < -0.3 is 20.3 Å². The molecule has 0 saturated carbocycles. The molecule has 0 saturated heterocycles. The summed E-state index contributed by atoms with van der Waals surface area (Å²) in [5.41, 5.74) is 5.86. The average molecular weight is 289 g/mol. The molecule has 3 N–H and O–H groups in total. The third-order valence-electron chi connectivity index (χ3n) is 3.39. The molecule has 0 aliphatic carbocycles. The van der Waals surface area contributed by atoms with Crippen LogP contribution in [-0.2, 0) is 9.47 Å². The molecule has 0 fully saturated rings. The minimum absolute atomic E-state index is 0.0600. The predicted molar refractivity (Wildman–Crippen MR) is 83.7 cm³/mol. The van der Waals surface area contributed by atoms with Crippen molar-refractivity contribution in [3.63, 3.8) is 0 Å². The van der Waals surface area contributed by atoms with E-state index in [1.54, 1.807) is 0 Å². The van der Waals surface area contributed by atoms with Crippen molar-refractivity contribution >= 4 is 0 Å². The van der Waals surface area contributed by atoms with E-state index in [9.17, 15) is 0 Å². The normalized spacial score (nSPS) is 12.8. The molecule has 0 aromatic rings. The number of rotatable bonds is 16. The molecule has 122 valence electrons. The Labute approximate surface area is 125 Å². The molecular formula is C16H35NO3. The fourth-order valence-corrected chi connectivity index (χ4v) is 2.16. The Morgan fingerprint density at radius 3 is 2.05 bits per heavy atom. The van der Waals surface area contributed by atoms with Crippen LogP contribution in [0.1, 0.15) is 71.1 Å². The fraction of sp³-hybridized carbons (Fsp3) is 1.00. The number of nitrogens with two attached hydrogens (primary N) is 1. The number of ether oxygens (including phenoxy) is 2. The van der Waals surface area contributed by atoms with Gasteiger partial charge in [0.1, 0.15) is 6.23 Å². The lowest BCUT2D eigenvalue weighted by molar-refractivity contribution is -0.00372. The first-order valence-electron chi connectivity index (χ1n) is 8.37. The van der Waals surface area contributed by atoms with E-state index in [2.05, 4.69) is 6.92 Å². The number of aliphatic hydroxyl groups excluding tert-OH is 1. The highest BCUT2D eigenvalue weighted by molar-refractivity contribution is 4.51. The summed E-state index contributed by atoms with van der Waals surface area (Å²) < 4.78 is 10.5. The lowest BCUT2D eigenvalue weighted by atomic mass is 10.1. The minimum atomic E-state index is -0.169. The number of unbranched alkanes of at least 4 members (excludes halogenated alkanes) is 8. The van der Waals surface area contributed by atoms with Crippen molar-refractivity contribution in [2.45, 2.75) is 77.4 Å². The lowest BCUT2D eigenvalue weighted by Gasteiger charge is -2.12. The predicted octanol–water partition coefficient (Wildman–Crippen LogP) is 3.22. The molecule has 4 nitrogen and oxygen atoms in total. The fourth-order valence-electron chi connectivity index (χ4n) is 2.16. The van der Waals surface area contributed by atoms with E-state index in [1.807, 2.05) is 0 Å². The van der Waals surface area contributed by atoms with Crippen molar-refractivity contribution in [1.82, 2.24) is 0 Å². The van der Waals surface area contributed by atoms with Crippen LogP contribution in [0.3, 0.4) is 0 Å². The third-order valence-corrected chi connectivity index (χ3v) is 3.39. The Hall–Kier alpha value is -0.160. The molecule has 1 atom stereocenters. The van der Waals surface area contributed by atoms with Gasteiger partial charge in [0.15, 0.2) is 0 Å². The highest BCUT2D eigenvalue weighted by Crippen LogP contribution is 2.11. The largest absolute Gasteiger partial charge is 0.394 e. The van der Waals surface area contributed by atoms with Gasteiger partial charge in [0.05, 0.1) is 26.4 Å². The van der Waals surface area contributed by atoms with Gasteiger partial charge in [-0.3, -0.25) is 0 Å². The maximum atomic E-state index is 8.53. The van der Waals surface area contributed by atoms with Crippen LogP contribution in [0.5, 0.6) is 0 Å². The first-order valence-corrected chi connectivity index (χ1v) is 8.37. The highest BCUT2D eigenvalue weighted by atomic mass is 16.5. The Kier molecular flexibility index (Phi) is 16.8. The quantitative estimate of drug-likeness (QED) is 0.338. The van der Waals surface area contributed by atoms with Crippen molar-refractivity contribution in [2.24, 2.45) is 5.73 Å². The molecule has 0 bridgehead atoms. The van der Waals surface area contributed by atoms with Crippen molar-refractivity contribution in [2.75, 3.05) is 26.4 Å². The molecule has 0 heterocycles. The van der Waals surface area contributed by atoms with Crippen LogP contribution in [0.2, 0.25) is 0 Å². The Morgan fingerprint density at radius 2 is 1.45 bits per heavy atom. The third kappa shape index (κ3) is 15.9. The molecule has 0 aliphatic heterocycles. The van der Waals surface area contributed by atoms with E-state index in [0.717, 1.165) is 12.8 Å².